The van der Waals surface area contributed by atoms with E-state index >= 15 is 0 Å². The summed E-state index contributed by atoms with van der Waals surface area (Å²) in [6, 6.07) is 11.7. The van der Waals surface area contributed by atoms with Crippen molar-refractivity contribution in [2.45, 2.75) is 19.4 Å². The monoisotopic (exact) mass is 350 g/mol. The fourth-order valence-corrected chi connectivity index (χ4v) is 2.79. The van der Waals surface area contributed by atoms with Crippen LogP contribution in [-0.2, 0) is 6.42 Å². The van der Waals surface area contributed by atoms with Crippen molar-refractivity contribution in [2.75, 3.05) is 14.2 Å². The molecule has 2 aromatic carbocycles. The van der Waals surface area contributed by atoms with Crippen molar-refractivity contribution in [1.29, 1.82) is 0 Å². The van der Waals surface area contributed by atoms with Crippen molar-refractivity contribution in [3.63, 3.8) is 0 Å². The predicted octanol–water partition coefficient (Wildman–Crippen LogP) is 4.05. The van der Waals surface area contributed by atoms with Gasteiger partial charge in [-0.2, -0.15) is 0 Å². The summed E-state index contributed by atoms with van der Waals surface area (Å²) < 4.78 is 11.5. The molecule has 0 radical (unpaired) electrons. The molecule has 1 N–H and O–H groups in total. The summed E-state index contributed by atoms with van der Waals surface area (Å²) in [4.78, 5) is 0. The molecule has 2 rings (SSSR count). The zero-order valence-corrected chi connectivity index (χ0v) is 14.0. The van der Waals surface area contributed by atoms with Crippen LogP contribution in [0.15, 0.2) is 40.9 Å². The van der Waals surface area contributed by atoms with Gasteiger partial charge in [0, 0.05) is 12.0 Å². The van der Waals surface area contributed by atoms with Gasteiger partial charge < -0.3 is 14.6 Å². The Morgan fingerprint density at radius 1 is 1.10 bits per heavy atom. The van der Waals surface area contributed by atoms with E-state index < -0.39 is 6.10 Å². The largest absolute Gasteiger partial charge is 0.496 e. The average Bonchev–Trinajstić information content (AvgIpc) is 2.49. The van der Waals surface area contributed by atoms with Gasteiger partial charge in [-0.15, -0.1) is 0 Å². The third-order valence-corrected chi connectivity index (χ3v) is 4.16. The van der Waals surface area contributed by atoms with Crippen LogP contribution in [0.5, 0.6) is 11.5 Å². The maximum absolute atomic E-state index is 10.6. The molecular formula is C17H19BrO3. The topological polar surface area (TPSA) is 38.7 Å². The highest BCUT2D eigenvalue weighted by Crippen LogP contribution is 2.37. The fraction of sp³-hybridized carbons (Fsp3) is 0.294. The number of aliphatic hydroxyl groups is 1. The first-order chi connectivity index (χ1) is 10.1. The predicted molar refractivity (Wildman–Crippen MR) is 87.1 cm³/mol. The minimum atomic E-state index is -0.650. The van der Waals surface area contributed by atoms with Crippen LogP contribution < -0.4 is 9.47 Å². The number of hydrogen-bond donors (Lipinski definition) is 1. The van der Waals surface area contributed by atoms with Gasteiger partial charge in [-0.05, 0) is 46.1 Å². The van der Waals surface area contributed by atoms with Gasteiger partial charge in [-0.1, -0.05) is 24.3 Å². The second kappa shape index (κ2) is 6.96. The Kier molecular flexibility index (Phi) is 5.26. The smallest absolute Gasteiger partial charge is 0.133 e. The van der Waals surface area contributed by atoms with Crippen LogP contribution in [0, 0.1) is 6.92 Å². The Morgan fingerprint density at radius 3 is 2.38 bits per heavy atom. The van der Waals surface area contributed by atoms with E-state index in [1.165, 1.54) is 5.56 Å². The number of hydrogen-bond acceptors (Lipinski definition) is 3. The molecule has 0 spiro atoms. The molecule has 2 aromatic rings. The van der Waals surface area contributed by atoms with E-state index in [0.717, 1.165) is 15.6 Å². The number of aryl methyl sites for hydroxylation is 1. The van der Waals surface area contributed by atoms with Gasteiger partial charge in [0.15, 0.2) is 0 Å². The van der Waals surface area contributed by atoms with Crippen LogP contribution in [0.3, 0.4) is 0 Å². The van der Waals surface area contributed by atoms with Crippen molar-refractivity contribution in [2.24, 2.45) is 0 Å². The number of methoxy groups -OCH3 is 2. The summed E-state index contributed by atoms with van der Waals surface area (Å²) >= 11 is 3.42. The molecule has 0 fully saturated rings. The summed E-state index contributed by atoms with van der Waals surface area (Å²) in [5.41, 5.74) is 3.01. The lowest BCUT2D eigenvalue weighted by Crippen LogP contribution is -2.06. The molecule has 0 aliphatic carbocycles. The Hall–Kier alpha value is -1.52. The highest BCUT2D eigenvalue weighted by molar-refractivity contribution is 9.10. The van der Waals surface area contributed by atoms with Crippen molar-refractivity contribution in [3.05, 3.63) is 57.6 Å². The van der Waals surface area contributed by atoms with Crippen molar-refractivity contribution < 1.29 is 14.6 Å². The SMILES string of the molecule is COc1cc(C(O)Cc2ccccc2C)c(OC)cc1Br. The highest BCUT2D eigenvalue weighted by Gasteiger charge is 2.18. The van der Waals surface area contributed by atoms with Crippen LogP contribution in [0.25, 0.3) is 0 Å². The maximum atomic E-state index is 10.6. The first kappa shape index (κ1) is 15.9. The van der Waals surface area contributed by atoms with E-state index in [1.54, 1.807) is 14.2 Å². The van der Waals surface area contributed by atoms with Crippen LogP contribution in [0.2, 0.25) is 0 Å². The van der Waals surface area contributed by atoms with Gasteiger partial charge in [-0.25, -0.2) is 0 Å². The molecule has 112 valence electrons. The minimum absolute atomic E-state index is 0.536. The van der Waals surface area contributed by atoms with Crippen LogP contribution in [0.4, 0.5) is 0 Å². The maximum Gasteiger partial charge on any atom is 0.133 e. The molecule has 0 amide bonds. The Bertz CT molecular complexity index is 625. The van der Waals surface area contributed by atoms with Crippen molar-refractivity contribution >= 4 is 15.9 Å². The Morgan fingerprint density at radius 2 is 1.76 bits per heavy atom. The van der Waals surface area contributed by atoms with Gasteiger partial charge in [0.05, 0.1) is 24.8 Å². The summed E-state index contributed by atoms with van der Waals surface area (Å²) in [5, 5.41) is 10.6. The van der Waals surface area contributed by atoms with Gasteiger partial charge in [-0.3, -0.25) is 0 Å². The average molecular weight is 351 g/mol. The first-order valence-corrected chi connectivity index (χ1v) is 7.50. The van der Waals surface area contributed by atoms with Crippen molar-refractivity contribution in [3.8, 4) is 11.5 Å². The molecule has 0 heterocycles. The zero-order valence-electron chi connectivity index (χ0n) is 12.4. The number of aliphatic hydroxyl groups excluding tert-OH is 1. The van der Waals surface area contributed by atoms with Gasteiger partial charge in [0.25, 0.3) is 0 Å². The Labute approximate surface area is 133 Å². The molecule has 4 heteroatoms. The van der Waals surface area contributed by atoms with E-state index in [-0.39, 0.29) is 0 Å². The minimum Gasteiger partial charge on any atom is -0.496 e. The molecule has 3 nitrogen and oxygen atoms in total. The van der Waals surface area contributed by atoms with Crippen LogP contribution in [-0.4, -0.2) is 19.3 Å². The van der Waals surface area contributed by atoms with Gasteiger partial charge in [0.1, 0.15) is 11.5 Å². The second-order valence-electron chi connectivity index (χ2n) is 4.88. The normalized spacial score (nSPS) is 12.0. The lowest BCUT2D eigenvalue weighted by atomic mass is 9.97. The third kappa shape index (κ3) is 3.57. The van der Waals surface area contributed by atoms with E-state index in [4.69, 9.17) is 9.47 Å². The standard InChI is InChI=1S/C17H19BrO3/c1-11-6-4-5-7-12(11)8-15(19)13-9-17(21-3)14(18)10-16(13)20-2/h4-7,9-10,15,19H,8H2,1-3H3. The Balaban J connectivity index is 2.34. The quantitative estimate of drug-likeness (QED) is 0.883. The molecule has 0 saturated carbocycles. The summed E-state index contributed by atoms with van der Waals surface area (Å²) in [5.74, 6) is 1.32. The van der Waals surface area contributed by atoms with Crippen LogP contribution >= 0.6 is 15.9 Å². The lowest BCUT2D eigenvalue weighted by molar-refractivity contribution is 0.173. The first-order valence-electron chi connectivity index (χ1n) is 6.70. The fourth-order valence-electron chi connectivity index (χ4n) is 2.30. The molecule has 21 heavy (non-hydrogen) atoms. The molecular weight excluding hydrogens is 332 g/mol. The highest BCUT2D eigenvalue weighted by atomic mass is 79.9. The molecule has 1 atom stereocenters. The number of ether oxygens (including phenoxy) is 2. The second-order valence-corrected chi connectivity index (χ2v) is 5.73. The van der Waals surface area contributed by atoms with Gasteiger partial charge in [0.2, 0.25) is 0 Å². The lowest BCUT2D eigenvalue weighted by Gasteiger charge is -2.18. The molecule has 0 aliphatic rings. The molecule has 0 saturated heterocycles. The van der Waals surface area contributed by atoms with E-state index in [2.05, 4.69) is 15.9 Å². The van der Waals surface area contributed by atoms with E-state index in [9.17, 15) is 5.11 Å². The van der Waals surface area contributed by atoms with Gasteiger partial charge >= 0.3 is 0 Å². The van der Waals surface area contributed by atoms with Crippen LogP contribution in [0.1, 0.15) is 22.8 Å². The van der Waals surface area contributed by atoms with Crippen molar-refractivity contribution in [1.82, 2.24) is 0 Å². The van der Waals surface area contributed by atoms with E-state index in [0.29, 0.717) is 17.9 Å². The molecule has 0 aromatic heterocycles. The third-order valence-electron chi connectivity index (χ3n) is 3.54. The summed E-state index contributed by atoms with van der Waals surface area (Å²) in [6.07, 6.45) is -0.114. The zero-order chi connectivity index (χ0) is 15.4. The number of rotatable bonds is 5. The summed E-state index contributed by atoms with van der Waals surface area (Å²) in [6.45, 7) is 2.04. The molecule has 1 unspecified atom stereocenters. The number of halogens is 1. The molecule has 0 bridgehead atoms. The number of benzene rings is 2. The molecule has 0 aliphatic heterocycles. The van der Waals surface area contributed by atoms with E-state index in [1.807, 2.05) is 43.3 Å². The summed E-state index contributed by atoms with van der Waals surface area (Å²) in [7, 11) is 3.20.